The quantitative estimate of drug-likeness (QED) is 0.903. The standard InChI is InChI=1S/C12H15Cl2NO/c13-10-3-1-2-9(12(10)14)11(15)6-8-4-5-16-7-8/h1-3,8,11H,4-7,15H2. The molecule has 1 aromatic carbocycles. The second kappa shape index (κ2) is 5.37. The topological polar surface area (TPSA) is 35.2 Å². The van der Waals surface area contributed by atoms with Crippen LogP contribution in [0.5, 0.6) is 0 Å². The number of ether oxygens (including phenoxy) is 1. The molecule has 2 atom stereocenters. The number of hydrogen-bond acceptors (Lipinski definition) is 2. The van der Waals surface area contributed by atoms with Gasteiger partial charge in [0.1, 0.15) is 0 Å². The maximum atomic E-state index is 6.15. The maximum Gasteiger partial charge on any atom is 0.0640 e. The molecule has 1 saturated heterocycles. The van der Waals surface area contributed by atoms with Gasteiger partial charge in [0.2, 0.25) is 0 Å². The summed E-state index contributed by atoms with van der Waals surface area (Å²) in [5, 5.41) is 1.15. The van der Waals surface area contributed by atoms with E-state index in [0.29, 0.717) is 16.0 Å². The summed E-state index contributed by atoms with van der Waals surface area (Å²) in [5.74, 6) is 0.546. The first-order valence-corrected chi connectivity index (χ1v) is 6.21. The van der Waals surface area contributed by atoms with Gasteiger partial charge in [0.25, 0.3) is 0 Å². The Morgan fingerprint density at radius 1 is 1.44 bits per heavy atom. The SMILES string of the molecule is NC(CC1CCOC1)c1cccc(Cl)c1Cl. The summed E-state index contributed by atoms with van der Waals surface area (Å²) in [6.45, 7) is 1.66. The minimum Gasteiger partial charge on any atom is -0.381 e. The van der Waals surface area contributed by atoms with Gasteiger partial charge in [-0.15, -0.1) is 0 Å². The zero-order valence-electron chi connectivity index (χ0n) is 8.96. The Labute approximate surface area is 106 Å². The molecule has 1 heterocycles. The largest absolute Gasteiger partial charge is 0.381 e. The lowest BCUT2D eigenvalue weighted by Gasteiger charge is -2.17. The van der Waals surface area contributed by atoms with E-state index in [2.05, 4.69) is 0 Å². The highest BCUT2D eigenvalue weighted by atomic mass is 35.5. The van der Waals surface area contributed by atoms with Crippen molar-refractivity contribution in [1.82, 2.24) is 0 Å². The molecule has 16 heavy (non-hydrogen) atoms. The molecule has 2 rings (SSSR count). The summed E-state index contributed by atoms with van der Waals surface area (Å²) < 4.78 is 5.33. The van der Waals surface area contributed by atoms with Gasteiger partial charge in [-0.05, 0) is 30.4 Å². The van der Waals surface area contributed by atoms with Crippen molar-refractivity contribution in [2.75, 3.05) is 13.2 Å². The molecule has 2 N–H and O–H groups in total. The van der Waals surface area contributed by atoms with Crippen LogP contribution in [0.15, 0.2) is 18.2 Å². The third kappa shape index (κ3) is 2.69. The van der Waals surface area contributed by atoms with Crippen LogP contribution in [0.3, 0.4) is 0 Å². The number of halogens is 2. The van der Waals surface area contributed by atoms with E-state index in [9.17, 15) is 0 Å². The zero-order chi connectivity index (χ0) is 11.5. The van der Waals surface area contributed by atoms with E-state index in [0.717, 1.165) is 31.6 Å². The zero-order valence-corrected chi connectivity index (χ0v) is 10.5. The van der Waals surface area contributed by atoms with Gasteiger partial charge < -0.3 is 10.5 Å². The average Bonchev–Trinajstić information content (AvgIpc) is 2.74. The minimum absolute atomic E-state index is 0.0575. The van der Waals surface area contributed by atoms with Crippen molar-refractivity contribution >= 4 is 23.2 Å². The van der Waals surface area contributed by atoms with Crippen molar-refractivity contribution in [3.63, 3.8) is 0 Å². The summed E-state index contributed by atoms with van der Waals surface area (Å²) in [7, 11) is 0. The van der Waals surface area contributed by atoms with E-state index in [1.807, 2.05) is 12.1 Å². The van der Waals surface area contributed by atoms with Crippen LogP contribution >= 0.6 is 23.2 Å². The Bertz CT molecular complexity index is 364. The molecule has 1 aliphatic rings. The lowest BCUT2D eigenvalue weighted by Crippen LogP contribution is -2.16. The lowest BCUT2D eigenvalue weighted by molar-refractivity contribution is 0.182. The van der Waals surface area contributed by atoms with Crippen LogP contribution in [0, 0.1) is 5.92 Å². The maximum absolute atomic E-state index is 6.15. The molecule has 1 aromatic rings. The van der Waals surface area contributed by atoms with Crippen LogP contribution in [0.2, 0.25) is 10.0 Å². The first-order chi connectivity index (χ1) is 7.68. The molecule has 0 spiro atoms. The average molecular weight is 260 g/mol. The van der Waals surface area contributed by atoms with Crippen molar-refractivity contribution in [3.8, 4) is 0 Å². The fraction of sp³-hybridized carbons (Fsp3) is 0.500. The highest BCUT2D eigenvalue weighted by molar-refractivity contribution is 6.42. The lowest BCUT2D eigenvalue weighted by atomic mass is 9.95. The van der Waals surface area contributed by atoms with Crippen molar-refractivity contribution in [2.24, 2.45) is 11.7 Å². The predicted molar refractivity (Wildman–Crippen MR) is 66.9 cm³/mol. The fourth-order valence-corrected chi connectivity index (χ4v) is 2.51. The van der Waals surface area contributed by atoms with Gasteiger partial charge in [-0.2, -0.15) is 0 Å². The second-order valence-corrected chi connectivity index (χ2v) is 5.00. The monoisotopic (exact) mass is 259 g/mol. The van der Waals surface area contributed by atoms with E-state index in [4.69, 9.17) is 33.7 Å². The van der Waals surface area contributed by atoms with E-state index < -0.39 is 0 Å². The number of nitrogens with two attached hydrogens (primary N) is 1. The highest BCUT2D eigenvalue weighted by Gasteiger charge is 2.21. The molecule has 4 heteroatoms. The van der Waals surface area contributed by atoms with Crippen LogP contribution < -0.4 is 5.73 Å². The van der Waals surface area contributed by atoms with Gasteiger partial charge in [-0.1, -0.05) is 35.3 Å². The van der Waals surface area contributed by atoms with Crippen molar-refractivity contribution < 1.29 is 4.74 Å². The summed E-state index contributed by atoms with van der Waals surface area (Å²) in [5.41, 5.74) is 7.08. The minimum atomic E-state index is -0.0575. The molecule has 88 valence electrons. The predicted octanol–water partition coefficient (Wildman–Crippen LogP) is 3.42. The Kier molecular flexibility index (Phi) is 4.09. The Balaban J connectivity index is 2.07. The van der Waals surface area contributed by atoms with Crippen LogP contribution in [-0.2, 0) is 4.74 Å². The molecule has 0 aliphatic carbocycles. The molecule has 2 unspecified atom stereocenters. The second-order valence-electron chi connectivity index (χ2n) is 4.21. The molecule has 0 amide bonds. The van der Waals surface area contributed by atoms with Crippen LogP contribution in [0.1, 0.15) is 24.4 Å². The first-order valence-electron chi connectivity index (χ1n) is 5.45. The third-order valence-electron chi connectivity index (χ3n) is 2.99. The Morgan fingerprint density at radius 3 is 2.94 bits per heavy atom. The summed E-state index contributed by atoms with van der Waals surface area (Å²) >= 11 is 12.1. The molecule has 0 aromatic heterocycles. The molecule has 0 bridgehead atoms. The normalized spacial score (nSPS) is 22.3. The summed E-state index contributed by atoms with van der Waals surface area (Å²) in [4.78, 5) is 0. The first kappa shape index (κ1) is 12.2. The van der Waals surface area contributed by atoms with E-state index in [1.165, 1.54) is 0 Å². The third-order valence-corrected chi connectivity index (χ3v) is 3.83. The van der Waals surface area contributed by atoms with Gasteiger partial charge in [0.15, 0.2) is 0 Å². The molecule has 1 fully saturated rings. The molecule has 2 nitrogen and oxygen atoms in total. The van der Waals surface area contributed by atoms with E-state index in [-0.39, 0.29) is 6.04 Å². The smallest absolute Gasteiger partial charge is 0.0640 e. The highest BCUT2D eigenvalue weighted by Crippen LogP contribution is 2.32. The molecule has 0 saturated carbocycles. The number of hydrogen-bond donors (Lipinski definition) is 1. The van der Waals surface area contributed by atoms with E-state index in [1.54, 1.807) is 6.07 Å². The summed E-state index contributed by atoms with van der Waals surface area (Å²) in [6.07, 6.45) is 1.99. The van der Waals surface area contributed by atoms with Gasteiger partial charge in [0, 0.05) is 19.3 Å². The molecular formula is C12H15Cl2NO. The van der Waals surface area contributed by atoms with Crippen LogP contribution in [0.4, 0.5) is 0 Å². The molecule has 0 radical (unpaired) electrons. The van der Waals surface area contributed by atoms with Crippen LogP contribution in [-0.4, -0.2) is 13.2 Å². The van der Waals surface area contributed by atoms with Gasteiger partial charge >= 0.3 is 0 Å². The van der Waals surface area contributed by atoms with Crippen molar-refractivity contribution in [2.45, 2.75) is 18.9 Å². The van der Waals surface area contributed by atoms with Gasteiger partial charge in [-0.25, -0.2) is 0 Å². The fourth-order valence-electron chi connectivity index (χ4n) is 2.06. The van der Waals surface area contributed by atoms with Gasteiger partial charge in [-0.3, -0.25) is 0 Å². The summed E-state index contributed by atoms with van der Waals surface area (Å²) in [6, 6.07) is 5.54. The number of rotatable bonds is 3. The van der Waals surface area contributed by atoms with Crippen molar-refractivity contribution in [3.05, 3.63) is 33.8 Å². The van der Waals surface area contributed by atoms with E-state index >= 15 is 0 Å². The Hall–Kier alpha value is -0.280. The van der Waals surface area contributed by atoms with Gasteiger partial charge in [0.05, 0.1) is 10.0 Å². The molecule has 1 aliphatic heterocycles. The Morgan fingerprint density at radius 2 is 2.25 bits per heavy atom. The molecular weight excluding hydrogens is 245 g/mol. The number of benzene rings is 1. The van der Waals surface area contributed by atoms with Crippen molar-refractivity contribution in [1.29, 1.82) is 0 Å². The van der Waals surface area contributed by atoms with Crippen LogP contribution in [0.25, 0.3) is 0 Å².